The van der Waals surface area contributed by atoms with Crippen LogP contribution >= 0.6 is 15.9 Å². The van der Waals surface area contributed by atoms with Crippen LogP contribution in [0.1, 0.15) is 13.3 Å². The predicted octanol–water partition coefficient (Wildman–Crippen LogP) is 0.0358. The Morgan fingerprint density at radius 1 is 1.77 bits per heavy atom. The number of amides is 1. The summed E-state index contributed by atoms with van der Waals surface area (Å²) in [6, 6.07) is -0.251. The number of hydrogen-bond acceptors (Lipinski definition) is 3. The first-order valence-corrected chi connectivity index (χ1v) is 5.27. The SMILES string of the molecule is CCC(Br)C(=O)NC1COCC1O. The molecule has 3 unspecified atom stereocenters. The Bertz CT molecular complexity index is 188. The smallest absolute Gasteiger partial charge is 0.234 e. The minimum atomic E-state index is -0.569. The highest BCUT2D eigenvalue weighted by molar-refractivity contribution is 9.10. The van der Waals surface area contributed by atoms with Crippen LogP contribution in [-0.4, -0.2) is 41.2 Å². The second-order valence-electron chi connectivity index (χ2n) is 3.10. The molecule has 1 aliphatic heterocycles. The Morgan fingerprint density at radius 3 is 2.92 bits per heavy atom. The molecule has 76 valence electrons. The van der Waals surface area contributed by atoms with E-state index in [1.54, 1.807) is 0 Å². The molecule has 4 nitrogen and oxygen atoms in total. The minimum absolute atomic E-state index is 0.0861. The van der Waals surface area contributed by atoms with Crippen LogP contribution in [0.15, 0.2) is 0 Å². The average molecular weight is 252 g/mol. The molecule has 5 heteroatoms. The molecule has 3 atom stereocenters. The predicted molar refractivity (Wildman–Crippen MR) is 51.8 cm³/mol. The first kappa shape index (κ1) is 10.9. The Kier molecular flexibility index (Phi) is 4.15. The molecule has 0 aromatic heterocycles. The number of hydrogen-bond donors (Lipinski definition) is 2. The fraction of sp³-hybridized carbons (Fsp3) is 0.875. The van der Waals surface area contributed by atoms with E-state index in [2.05, 4.69) is 21.2 Å². The maximum Gasteiger partial charge on any atom is 0.234 e. The maximum absolute atomic E-state index is 11.4. The lowest BCUT2D eigenvalue weighted by Crippen LogP contribution is -2.45. The van der Waals surface area contributed by atoms with Crippen molar-refractivity contribution in [1.82, 2.24) is 5.32 Å². The van der Waals surface area contributed by atoms with Gasteiger partial charge in [0.25, 0.3) is 0 Å². The van der Waals surface area contributed by atoms with Crippen molar-refractivity contribution in [3.8, 4) is 0 Å². The standard InChI is InChI=1S/C8H14BrNO3/c1-2-5(9)8(12)10-6-3-13-4-7(6)11/h5-7,11H,2-4H2,1H3,(H,10,12). The van der Waals surface area contributed by atoms with E-state index in [0.717, 1.165) is 6.42 Å². The third kappa shape index (κ3) is 2.93. The molecule has 0 bridgehead atoms. The van der Waals surface area contributed by atoms with Gasteiger partial charge in [0.2, 0.25) is 5.91 Å². The molecule has 0 spiro atoms. The van der Waals surface area contributed by atoms with Gasteiger partial charge >= 0.3 is 0 Å². The van der Waals surface area contributed by atoms with Crippen LogP contribution < -0.4 is 5.32 Å². The maximum atomic E-state index is 11.4. The molecule has 1 amide bonds. The fourth-order valence-corrected chi connectivity index (χ4v) is 1.27. The zero-order valence-electron chi connectivity index (χ0n) is 7.50. The van der Waals surface area contributed by atoms with Crippen LogP contribution in [0.2, 0.25) is 0 Å². The Morgan fingerprint density at radius 2 is 2.46 bits per heavy atom. The topological polar surface area (TPSA) is 58.6 Å². The first-order valence-electron chi connectivity index (χ1n) is 4.35. The van der Waals surface area contributed by atoms with Gasteiger partial charge in [-0.1, -0.05) is 22.9 Å². The Labute approximate surface area is 85.8 Å². The van der Waals surface area contributed by atoms with Crippen molar-refractivity contribution in [2.45, 2.75) is 30.3 Å². The van der Waals surface area contributed by atoms with E-state index >= 15 is 0 Å². The molecule has 1 heterocycles. The van der Waals surface area contributed by atoms with Gasteiger partial charge in [0.05, 0.1) is 30.2 Å². The fourth-order valence-electron chi connectivity index (χ4n) is 1.14. The highest BCUT2D eigenvalue weighted by atomic mass is 79.9. The summed E-state index contributed by atoms with van der Waals surface area (Å²) in [5.41, 5.74) is 0. The zero-order valence-corrected chi connectivity index (χ0v) is 9.08. The van der Waals surface area contributed by atoms with Crippen LogP contribution in [0.5, 0.6) is 0 Å². The third-order valence-corrected chi connectivity index (χ3v) is 3.08. The molecular formula is C8H14BrNO3. The van der Waals surface area contributed by atoms with Gasteiger partial charge in [-0.15, -0.1) is 0 Å². The summed E-state index contributed by atoms with van der Waals surface area (Å²) in [4.78, 5) is 11.2. The van der Waals surface area contributed by atoms with Crippen LogP contribution in [0.3, 0.4) is 0 Å². The van der Waals surface area contributed by atoms with Crippen molar-refractivity contribution < 1.29 is 14.6 Å². The van der Waals surface area contributed by atoms with Crippen LogP contribution in [0.4, 0.5) is 0 Å². The molecular weight excluding hydrogens is 238 g/mol. The molecule has 0 radical (unpaired) electrons. The summed E-state index contributed by atoms with van der Waals surface area (Å²) >= 11 is 3.23. The van der Waals surface area contributed by atoms with Crippen molar-refractivity contribution in [3.63, 3.8) is 0 Å². The lowest BCUT2D eigenvalue weighted by molar-refractivity contribution is -0.121. The number of halogens is 1. The number of carbonyl (C=O) groups excluding carboxylic acids is 1. The molecule has 0 aromatic carbocycles. The van der Waals surface area contributed by atoms with Gasteiger partial charge < -0.3 is 15.2 Å². The highest BCUT2D eigenvalue weighted by Gasteiger charge is 2.28. The van der Waals surface area contributed by atoms with Crippen molar-refractivity contribution in [1.29, 1.82) is 0 Å². The van der Waals surface area contributed by atoms with E-state index in [-0.39, 0.29) is 16.8 Å². The van der Waals surface area contributed by atoms with Gasteiger partial charge in [-0.25, -0.2) is 0 Å². The largest absolute Gasteiger partial charge is 0.388 e. The highest BCUT2D eigenvalue weighted by Crippen LogP contribution is 2.08. The van der Waals surface area contributed by atoms with Gasteiger partial charge in [0.1, 0.15) is 0 Å². The van der Waals surface area contributed by atoms with E-state index < -0.39 is 6.10 Å². The van der Waals surface area contributed by atoms with Crippen LogP contribution in [0.25, 0.3) is 0 Å². The molecule has 13 heavy (non-hydrogen) atoms. The van der Waals surface area contributed by atoms with Crippen molar-refractivity contribution >= 4 is 21.8 Å². The molecule has 2 N–H and O–H groups in total. The summed E-state index contributed by atoms with van der Waals surface area (Å²) in [5, 5.41) is 12.1. The van der Waals surface area contributed by atoms with Crippen LogP contribution in [0, 0.1) is 0 Å². The van der Waals surface area contributed by atoms with E-state index in [1.165, 1.54) is 0 Å². The van der Waals surface area contributed by atoms with E-state index in [9.17, 15) is 9.90 Å². The molecule has 0 saturated carbocycles. The van der Waals surface area contributed by atoms with E-state index in [4.69, 9.17) is 4.74 Å². The van der Waals surface area contributed by atoms with E-state index in [1.807, 2.05) is 6.92 Å². The third-order valence-electron chi connectivity index (χ3n) is 2.02. The number of ether oxygens (including phenoxy) is 1. The molecule has 1 rings (SSSR count). The first-order chi connectivity index (χ1) is 6.15. The molecule has 1 aliphatic rings. The number of alkyl halides is 1. The molecule has 1 fully saturated rings. The lowest BCUT2D eigenvalue weighted by atomic mass is 10.2. The molecule has 1 saturated heterocycles. The van der Waals surface area contributed by atoms with Crippen molar-refractivity contribution in [3.05, 3.63) is 0 Å². The van der Waals surface area contributed by atoms with Gasteiger partial charge in [0, 0.05) is 0 Å². The van der Waals surface area contributed by atoms with Gasteiger partial charge in [0.15, 0.2) is 0 Å². The Balaban J connectivity index is 2.35. The molecule has 0 aromatic rings. The summed E-state index contributed by atoms with van der Waals surface area (Å²) in [5.74, 6) is -0.0861. The van der Waals surface area contributed by atoms with Gasteiger partial charge in [-0.05, 0) is 6.42 Å². The zero-order chi connectivity index (χ0) is 9.84. The number of nitrogens with one attached hydrogen (secondary N) is 1. The van der Waals surface area contributed by atoms with Crippen molar-refractivity contribution in [2.75, 3.05) is 13.2 Å². The summed E-state index contributed by atoms with van der Waals surface area (Å²) < 4.78 is 5.00. The van der Waals surface area contributed by atoms with Gasteiger partial charge in [-0.3, -0.25) is 4.79 Å². The second kappa shape index (κ2) is 4.93. The van der Waals surface area contributed by atoms with Crippen LogP contribution in [-0.2, 0) is 9.53 Å². The number of carbonyl (C=O) groups is 1. The average Bonchev–Trinajstić information content (AvgIpc) is 2.50. The van der Waals surface area contributed by atoms with Crippen molar-refractivity contribution in [2.24, 2.45) is 0 Å². The van der Waals surface area contributed by atoms with E-state index in [0.29, 0.717) is 13.2 Å². The normalized spacial score (nSPS) is 30.1. The number of aliphatic hydroxyl groups excluding tert-OH is 1. The number of aliphatic hydroxyl groups is 1. The monoisotopic (exact) mass is 251 g/mol. The minimum Gasteiger partial charge on any atom is -0.388 e. The summed E-state index contributed by atoms with van der Waals surface area (Å²) in [6.07, 6.45) is 0.163. The lowest BCUT2D eigenvalue weighted by Gasteiger charge is -2.16. The quantitative estimate of drug-likeness (QED) is 0.697. The van der Waals surface area contributed by atoms with Gasteiger partial charge in [-0.2, -0.15) is 0 Å². The Hall–Kier alpha value is -0.130. The second-order valence-corrected chi connectivity index (χ2v) is 4.20. The summed E-state index contributed by atoms with van der Waals surface area (Å²) in [6.45, 7) is 2.63. The number of rotatable bonds is 3. The molecule has 0 aliphatic carbocycles. The summed E-state index contributed by atoms with van der Waals surface area (Å²) in [7, 11) is 0.